The molecule has 0 bridgehead atoms. The van der Waals surface area contributed by atoms with E-state index in [0.717, 1.165) is 25.0 Å². The van der Waals surface area contributed by atoms with Crippen molar-refractivity contribution < 1.29 is 9.84 Å². The van der Waals surface area contributed by atoms with Crippen molar-refractivity contribution in [1.82, 2.24) is 0 Å². The molecule has 0 atom stereocenters. The van der Waals surface area contributed by atoms with Gasteiger partial charge in [-0.2, -0.15) is 0 Å². The monoisotopic (exact) mass is 305 g/mol. The Morgan fingerprint density at radius 3 is 2.14 bits per heavy atom. The number of ether oxygens (including phenoxy) is 1. The summed E-state index contributed by atoms with van der Waals surface area (Å²) in [5.74, 6) is 0.980. The van der Waals surface area contributed by atoms with E-state index in [0.29, 0.717) is 13.0 Å². The zero-order valence-corrected chi connectivity index (χ0v) is 15.3. The molecule has 22 heavy (non-hydrogen) atoms. The quantitative estimate of drug-likeness (QED) is 0.542. The van der Waals surface area contributed by atoms with Crippen LogP contribution in [0, 0.1) is 0 Å². The summed E-state index contributed by atoms with van der Waals surface area (Å²) in [6.07, 6.45) is 3.70. The van der Waals surface area contributed by atoms with Gasteiger partial charge in [0.15, 0.2) is 0 Å². The summed E-state index contributed by atoms with van der Waals surface area (Å²) in [6, 6.07) is 6.65. The summed E-state index contributed by atoms with van der Waals surface area (Å²) in [5, 5.41) is 10.5. The van der Waals surface area contributed by atoms with Gasteiger partial charge in [0.05, 0.1) is 13.2 Å². The van der Waals surface area contributed by atoms with Gasteiger partial charge in [0.1, 0.15) is 5.75 Å². The Morgan fingerprint density at radius 2 is 1.59 bits per heavy atom. The second-order valence-corrected chi connectivity index (χ2v) is 7.45. The van der Waals surface area contributed by atoms with E-state index in [2.05, 4.69) is 59.7 Å². The number of hydrogen-bond donors (Lipinski definition) is 0. The first-order chi connectivity index (χ1) is 10.3. The van der Waals surface area contributed by atoms with Crippen molar-refractivity contribution in [3.8, 4) is 5.75 Å². The van der Waals surface area contributed by atoms with Crippen molar-refractivity contribution in [1.29, 1.82) is 0 Å². The lowest BCUT2D eigenvalue weighted by molar-refractivity contribution is 0.177. The Bertz CT molecular complexity index is 461. The topological polar surface area (TPSA) is 29.1 Å². The van der Waals surface area contributed by atoms with Crippen LogP contribution in [0.4, 0.5) is 0 Å². The second kappa shape index (κ2) is 8.01. The molecule has 1 radical (unpaired) electrons. The lowest BCUT2D eigenvalue weighted by atomic mass is 9.76. The highest BCUT2D eigenvalue weighted by atomic mass is 16.5. The van der Waals surface area contributed by atoms with Gasteiger partial charge < -0.3 is 4.74 Å². The van der Waals surface area contributed by atoms with E-state index < -0.39 is 0 Å². The molecule has 2 nitrogen and oxygen atoms in total. The standard InChI is InChI=1S/C20H33O2/c1-7-19(3,4)16-11-12-18(22-14-10-9-13-21)17(15-16)20(5,6)8-2/h11-12,15H,7-10,13-14H2,1-6H3. The molecule has 1 aromatic carbocycles. The zero-order chi connectivity index (χ0) is 16.8. The maximum Gasteiger partial charge on any atom is 0.123 e. The highest BCUT2D eigenvalue weighted by molar-refractivity contribution is 5.44. The minimum atomic E-state index is -0.0136. The third-order valence-corrected chi connectivity index (χ3v) is 5.05. The van der Waals surface area contributed by atoms with E-state index in [1.165, 1.54) is 11.1 Å². The van der Waals surface area contributed by atoms with Crippen molar-refractivity contribution in [3.05, 3.63) is 29.3 Å². The molecule has 0 saturated heterocycles. The van der Waals surface area contributed by atoms with Crippen LogP contribution in [0.15, 0.2) is 18.2 Å². The fourth-order valence-corrected chi connectivity index (χ4v) is 2.39. The molecule has 0 amide bonds. The van der Waals surface area contributed by atoms with Gasteiger partial charge in [-0.25, -0.2) is 5.11 Å². The summed E-state index contributed by atoms with van der Waals surface area (Å²) in [5.41, 5.74) is 2.93. The maximum absolute atomic E-state index is 10.5. The molecule has 1 rings (SSSR count). The van der Waals surface area contributed by atoms with Crippen molar-refractivity contribution >= 4 is 0 Å². The lowest BCUT2D eigenvalue weighted by Gasteiger charge is -2.30. The Kier molecular flexibility index (Phi) is 6.93. The van der Waals surface area contributed by atoms with E-state index >= 15 is 0 Å². The number of benzene rings is 1. The van der Waals surface area contributed by atoms with Gasteiger partial charge in [-0.3, -0.25) is 0 Å². The van der Waals surface area contributed by atoms with E-state index in [1.54, 1.807) is 0 Å². The summed E-state index contributed by atoms with van der Waals surface area (Å²) in [6.45, 7) is 14.2. The molecule has 0 spiro atoms. The SMILES string of the molecule is CCC(C)(C)c1ccc(OCCCC[O])c(C(C)(C)CC)c1. The lowest BCUT2D eigenvalue weighted by Crippen LogP contribution is -2.21. The summed E-state index contributed by atoms with van der Waals surface area (Å²) in [4.78, 5) is 0. The fourth-order valence-electron chi connectivity index (χ4n) is 2.39. The molecule has 2 heteroatoms. The Balaban J connectivity index is 3.11. The first kappa shape index (κ1) is 19.0. The van der Waals surface area contributed by atoms with Crippen molar-refractivity contribution in [3.63, 3.8) is 0 Å². The van der Waals surface area contributed by atoms with Crippen LogP contribution in [-0.2, 0) is 15.9 Å². The minimum Gasteiger partial charge on any atom is -0.493 e. The molecule has 0 saturated carbocycles. The molecule has 0 aliphatic carbocycles. The van der Waals surface area contributed by atoms with Gasteiger partial charge in [0, 0.05) is 5.56 Å². The number of unbranched alkanes of at least 4 members (excludes halogenated alkanes) is 1. The molecule has 0 fully saturated rings. The van der Waals surface area contributed by atoms with Crippen molar-refractivity contribution in [2.24, 2.45) is 0 Å². The van der Waals surface area contributed by atoms with E-state index in [1.807, 2.05) is 0 Å². The van der Waals surface area contributed by atoms with E-state index in [4.69, 9.17) is 4.74 Å². The van der Waals surface area contributed by atoms with Gasteiger partial charge >= 0.3 is 0 Å². The molecule has 125 valence electrons. The van der Waals surface area contributed by atoms with Gasteiger partial charge in [0.25, 0.3) is 0 Å². The molecule has 0 unspecified atom stereocenters. The Hall–Kier alpha value is -1.02. The Labute approximate surface area is 136 Å². The van der Waals surface area contributed by atoms with Crippen molar-refractivity contribution in [2.45, 2.75) is 78.1 Å². The molecule has 0 N–H and O–H groups in total. The molecule has 0 aromatic heterocycles. The van der Waals surface area contributed by atoms with E-state index in [9.17, 15) is 5.11 Å². The van der Waals surface area contributed by atoms with Crippen LogP contribution in [0.25, 0.3) is 0 Å². The summed E-state index contributed by atoms with van der Waals surface area (Å²) < 4.78 is 5.99. The van der Waals surface area contributed by atoms with Gasteiger partial charge in [-0.15, -0.1) is 0 Å². The highest BCUT2D eigenvalue weighted by Gasteiger charge is 2.26. The van der Waals surface area contributed by atoms with Gasteiger partial charge in [0.2, 0.25) is 0 Å². The van der Waals surface area contributed by atoms with E-state index in [-0.39, 0.29) is 17.4 Å². The first-order valence-corrected chi connectivity index (χ1v) is 8.64. The van der Waals surface area contributed by atoms with Gasteiger partial charge in [-0.1, -0.05) is 53.7 Å². The molecule has 0 heterocycles. The fraction of sp³-hybridized carbons (Fsp3) is 0.700. The molecular weight excluding hydrogens is 272 g/mol. The third kappa shape index (κ3) is 4.74. The normalized spacial score (nSPS) is 12.5. The number of hydrogen-bond acceptors (Lipinski definition) is 1. The van der Waals surface area contributed by atoms with Crippen LogP contribution >= 0.6 is 0 Å². The van der Waals surface area contributed by atoms with Crippen LogP contribution in [0.5, 0.6) is 5.75 Å². The smallest absolute Gasteiger partial charge is 0.123 e. The van der Waals surface area contributed by atoms with Crippen molar-refractivity contribution in [2.75, 3.05) is 13.2 Å². The van der Waals surface area contributed by atoms with Crippen LogP contribution in [-0.4, -0.2) is 13.2 Å². The number of rotatable bonds is 9. The predicted octanol–water partition coefficient (Wildman–Crippen LogP) is 5.65. The molecular formula is C20H33O2. The second-order valence-electron chi connectivity index (χ2n) is 7.45. The van der Waals surface area contributed by atoms with Crippen LogP contribution in [0.3, 0.4) is 0 Å². The molecule has 1 aromatic rings. The average molecular weight is 305 g/mol. The summed E-state index contributed by atoms with van der Waals surface area (Å²) in [7, 11) is 0. The van der Waals surface area contributed by atoms with Crippen LogP contribution in [0.1, 0.15) is 78.4 Å². The third-order valence-electron chi connectivity index (χ3n) is 5.05. The van der Waals surface area contributed by atoms with Gasteiger partial charge in [-0.05, 0) is 48.1 Å². The van der Waals surface area contributed by atoms with Crippen LogP contribution in [0.2, 0.25) is 0 Å². The van der Waals surface area contributed by atoms with Crippen LogP contribution < -0.4 is 4.74 Å². The predicted molar refractivity (Wildman–Crippen MR) is 93.4 cm³/mol. The minimum absolute atomic E-state index is 0.0136. The largest absolute Gasteiger partial charge is 0.493 e. The Morgan fingerprint density at radius 1 is 0.955 bits per heavy atom. The highest BCUT2D eigenvalue weighted by Crippen LogP contribution is 2.38. The molecule has 0 aliphatic rings. The molecule has 0 aliphatic heterocycles. The first-order valence-electron chi connectivity index (χ1n) is 8.64. The summed E-state index contributed by atoms with van der Waals surface area (Å²) >= 11 is 0. The zero-order valence-electron chi connectivity index (χ0n) is 15.3. The maximum atomic E-state index is 10.5. The average Bonchev–Trinajstić information content (AvgIpc) is 2.51.